The van der Waals surface area contributed by atoms with Crippen LogP contribution in [0.3, 0.4) is 0 Å². The maximum absolute atomic E-state index is 10.6. The molecule has 0 saturated carbocycles. The van der Waals surface area contributed by atoms with Gasteiger partial charge in [0.2, 0.25) is 5.76 Å². The summed E-state index contributed by atoms with van der Waals surface area (Å²) in [5.41, 5.74) is 0.116. The molecule has 0 amide bonds. The number of nitrogens with zero attached hydrogens (tertiary/aromatic N) is 2. The Morgan fingerprint density at radius 3 is 2.86 bits per heavy atom. The smallest absolute Gasteiger partial charge is 0.334 e. The van der Waals surface area contributed by atoms with E-state index in [0.717, 1.165) is 0 Å². The Kier molecular flexibility index (Phi) is 3.19. The van der Waals surface area contributed by atoms with Gasteiger partial charge in [0.1, 0.15) is 0 Å². The molecule has 1 unspecified atom stereocenters. The number of nitro groups is 1. The molecular formula is C8H12N2O4. The first-order valence-corrected chi connectivity index (χ1v) is 4.33. The summed E-state index contributed by atoms with van der Waals surface area (Å²) in [7, 11) is 0. The average molecular weight is 200 g/mol. The minimum Gasteiger partial charge on any atom is -0.393 e. The van der Waals surface area contributed by atoms with Gasteiger partial charge in [0.15, 0.2) is 5.69 Å². The summed E-state index contributed by atoms with van der Waals surface area (Å²) in [6.45, 7) is 3.29. The molecule has 1 aromatic rings. The van der Waals surface area contributed by atoms with Crippen molar-refractivity contribution < 1.29 is 14.6 Å². The monoisotopic (exact) mass is 200 g/mol. The number of aliphatic hydroxyl groups excluding tert-OH is 1. The maximum atomic E-state index is 10.6. The molecule has 0 aliphatic rings. The largest absolute Gasteiger partial charge is 0.393 e. The summed E-state index contributed by atoms with van der Waals surface area (Å²) in [5.74, 6) is 0.141. The van der Waals surface area contributed by atoms with E-state index in [4.69, 9.17) is 4.52 Å². The van der Waals surface area contributed by atoms with Crippen molar-refractivity contribution in [2.75, 3.05) is 0 Å². The molecule has 0 fully saturated rings. The van der Waals surface area contributed by atoms with E-state index in [1.807, 2.05) is 0 Å². The van der Waals surface area contributed by atoms with Gasteiger partial charge in [-0.05, 0) is 13.3 Å². The zero-order valence-electron chi connectivity index (χ0n) is 8.06. The van der Waals surface area contributed by atoms with Crippen molar-refractivity contribution in [3.63, 3.8) is 0 Å². The van der Waals surface area contributed by atoms with E-state index in [2.05, 4.69) is 5.16 Å². The number of aryl methyl sites for hydroxylation is 1. The molecule has 14 heavy (non-hydrogen) atoms. The van der Waals surface area contributed by atoms with E-state index in [-0.39, 0.29) is 23.6 Å². The highest BCUT2D eigenvalue weighted by Gasteiger charge is 2.25. The summed E-state index contributed by atoms with van der Waals surface area (Å²) in [5, 5.41) is 23.4. The van der Waals surface area contributed by atoms with Gasteiger partial charge in [-0.2, -0.15) is 0 Å². The zero-order chi connectivity index (χ0) is 10.7. The van der Waals surface area contributed by atoms with Crippen LogP contribution in [0.25, 0.3) is 0 Å². The first kappa shape index (κ1) is 10.6. The summed E-state index contributed by atoms with van der Waals surface area (Å²) >= 11 is 0. The minimum absolute atomic E-state index is 0.127. The molecule has 0 spiro atoms. The Labute approximate surface area is 80.7 Å². The van der Waals surface area contributed by atoms with Crippen molar-refractivity contribution in [3.05, 3.63) is 21.6 Å². The first-order chi connectivity index (χ1) is 6.56. The molecule has 0 saturated heterocycles. The third-order valence-corrected chi connectivity index (χ3v) is 1.97. The van der Waals surface area contributed by atoms with Crippen molar-refractivity contribution in [3.8, 4) is 0 Å². The van der Waals surface area contributed by atoms with Gasteiger partial charge in [0.05, 0.1) is 11.0 Å². The number of aliphatic hydroxyl groups is 1. The molecule has 1 N–H and O–H groups in total. The summed E-state index contributed by atoms with van der Waals surface area (Å²) in [4.78, 5) is 10.1. The predicted molar refractivity (Wildman–Crippen MR) is 47.9 cm³/mol. The Morgan fingerprint density at radius 1 is 1.71 bits per heavy atom. The molecule has 1 heterocycles. The third kappa shape index (κ3) is 2.08. The molecule has 0 aliphatic heterocycles. The lowest BCUT2D eigenvalue weighted by Crippen LogP contribution is -2.09. The number of aromatic nitrogens is 1. The van der Waals surface area contributed by atoms with E-state index in [9.17, 15) is 15.2 Å². The van der Waals surface area contributed by atoms with Crippen molar-refractivity contribution >= 4 is 5.69 Å². The molecule has 78 valence electrons. The Balaban J connectivity index is 2.92. The van der Waals surface area contributed by atoms with Gasteiger partial charge in [0, 0.05) is 6.42 Å². The second-order valence-corrected chi connectivity index (χ2v) is 3.06. The third-order valence-electron chi connectivity index (χ3n) is 1.97. The second kappa shape index (κ2) is 4.19. The number of rotatable bonds is 4. The summed E-state index contributed by atoms with van der Waals surface area (Å²) < 4.78 is 4.78. The lowest BCUT2D eigenvalue weighted by Gasteiger charge is -2.02. The van der Waals surface area contributed by atoms with Crippen LogP contribution in [0.1, 0.15) is 24.8 Å². The highest BCUT2D eigenvalue weighted by Crippen LogP contribution is 2.24. The molecule has 6 nitrogen and oxygen atoms in total. The normalized spacial score (nSPS) is 12.8. The van der Waals surface area contributed by atoms with Crippen LogP contribution in [0, 0.1) is 17.0 Å². The fourth-order valence-electron chi connectivity index (χ4n) is 1.14. The van der Waals surface area contributed by atoms with Gasteiger partial charge in [-0.15, -0.1) is 0 Å². The fourth-order valence-corrected chi connectivity index (χ4v) is 1.14. The molecule has 0 bridgehead atoms. The van der Waals surface area contributed by atoms with Crippen LogP contribution in [-0.4, -0.2) is 21.3 Å². The van der Waals surface area contributed by atoms with Crippen LogP contribution in [0.4, 0.5) is 5.69 Å². The van der Waals surface area contributed by atoms with Crippen molar-refractivity contribution in [1.82, 2.24) is 5.16 Å². The average Bonchev–Trinajstić information content (AvgIpc) is 2.46. The quantitative estimate of drug-likeness (QED) is 0.582. The van der Waals surface area contributed by atoms with Gasteiger partial charge in [-0.3, -0.25) is 10.1 Å². The van der Waals surface area contributed by atoms with E-state index in [1.54, 1.807) is 6.92 Å². The number of hydrogen-bond acceptors (Lipinski definition) is 5. The molecule has 1 rings (SSSR count). The standard InChI is InChI=1S/C8H12N2O4/c1-3-6(11)4-7-8(10(12)13)5(2)9-14-7/h6,11H,3-4H2,1-2H3. The summed E-state index contributed by atoms with van der Waals surface area (Å²) in [6, 6.07) is 0. The predicted octanol–water partition coefficient (Wildman–Crippen LogP) is 1.20. The van der Waals surface area contributed by atoms with E-state index in [0.29, 0.717) is 6.42 Å². The number of hydrogen-bond donors (Lipinski definition) is 1. The lowest BCUT2D eigenvalue weighted by molar-refractivity contribution is -0.386. The van der Waals surface area contributed by atoms with E-state index >= 15 is 0 Å². The Bertz CT molecular complexity index is 334. The Hall–Kier alpha value is -1.43. The van der Waals surface area contributed by atoms with E-state index < -0.39 is 11.0 Å². The van der Waals surface area contributed by atoms with Crippen molar-refractivity contribution in [2.24, 2.45) is 0 Å². The molecule has 1 aromatic heterocycles. The molecule has 1 atom stereocenters. The fraction of sp³-hybridized carbons (Fsp3) is 0.625. The molecular weight excluding hydrogens is 188 g/mol. The van der Waals surface area contributed by atoms with Crippen LogP contribution < -0.4 is 0 Å². The molecule has 0 aliphatic carbocycles. The molecule has 0 radical (unpaired) electrons. The van der Waals surface area contributed by atoms with Crippen LogP contribution in [0.2, 0.25) is 0 Å². The molecule has 6 heteroatoms. The van der Waals surface area contributed by atoms with Gasteiger partial charge in [-0.1, -0.05) is 12.1 Å². The van der Waals surface area contributed by atoms with E-state index in [1.165, 1.54) is 6.92 Å². The summed E-state index contributed by atoms with van der Waals surface area (Å²) in [6.07, 6.45) is 0.0333. The van der Waals surface area contributed by atoms with Crippen LogP contribution in [0.5, 0.6) is 0 Å². The van der Waals surface area contributed by atoms with Crippen LogP contribution in [-0.2, 0) is 6.42 Å². The lowest BCUT2D eigenvalue weighted by atomic mass is 10.1. The zero-order valence-corrected chi connectivity index (χ0v) is 8.06. The highest BCUT2D eigenvalue weighted by molar-refractivity contribution is 5.37. The highest BCUT2D eigenvalue weighted by atomic mass is 16.6. The van der Waals surface area contributed by atoms with Crippen LogP contribution in [0.15, 0.2) is 4.52 Å². The van der Waals surface area contributed by atoms with Crippen molar-refractivity contribution in [2.45, 2.75) is 32.8 Å². The van der Waals surface area contributed by atoms with Gasteiger partial charge in [0.25, 0.3) is 0 Å². The van der Waals surface area contributed by atoms with Crippen LogP contribution >= 0.6 is 0 Å². The van der Waals surface area contributed by atoms with Crippen molar-refractivity contribution in [1.29, 1.82) is 0 Å². The van der Waals surface area contributed by atoms with Gasteiger partial charge >= 0.3 is 5.69 Å². The van der Waals surface area contributed by atoms with Gasteiger partial charge in [-0.25, -0.2) is 0 Å². The Morgan fingerprint density at radius 2 is 2.36 bits per heavy atom. The second-order valence-electron chi connectivity index (χ2n) is 3.06. The van der Waals surface area contributed by atoms with Gasteiger partial charge < -0.3 is 9.63 Å². The first-order valence-electron chi connectivity index (χ1n) is 4.33. The molecule has 0 aromatic carbocycles. The SMILES string of the molecule is CCC(O)Cc1onc(C)c1[N+](=O)[O-]. The maximum Gasteiger partial charge on any atom is 0.334 e. The minimum atomic E-state index is -0.624. The topological polar surface area (TPSA) is 89.4 Å².